The van der Waals surface area contributed by atoms with Crippen molar-refractivity contribution in [2.24, 2.45) is 0 Å². The molecule has 2 aromatic heterocycles. The molecule has 12 rings (SSSR count). The van der Waals surface area contributed by atoms with Crippen LogP contribution in [0.15, 0.2) is 243 Å². The van der Waals surface area contributed by atoms with Gasteiger partial charge in [-0.05, 0) is 111 Å². The van der Waals surface area contributed by atoms with Gasteiger partial charge in [0, 0.05) is 32.8 Å². The fourth-order valence-electron chi connectivity index (χ4n) is 9.55. The molecule has 12 aromatic rings. The summed E-state index contributed by atoms with van der Waals surface area (Å²) in [4.78, 5) is 0. The molecule has 0 N–H and O–H groups in total. The third-order valence-corrected chi connectivity index (χ3v) is 12.5. The molecule has 290 valence electrons. The van der Waals surface area contributed by atoms with Crippen LogP contribution in [-0.4, -0.2) is 9.13 Å². The van der Waals surface area contributed by atoms with Crippen molar-refractivity contribution in [3.63, 3.8) is 0 Å². The largest absolute Gasteiger partial charge is 0.309 e. The fraction of sp³-hybridized carbons (Fsp3) is 0. The molecule has 2 heterocycles. The molecular formula is C60H40N2. The molecule has 0 saturated heterocycles. The highest BCUT2D eigenvalue weighted by atomic mass is 15.0. The van der Waals surface area contributed by atoms with Crippen molar-refractivity contribution >= 4 is 43.6 Å². The molecule has 0 unspecified atom stereocenters. The first-order chi connectivity index (χ1) is 30.7. The summed E-state index contributed by atoms with van der Waals surface area (Å²) in [6.07, 6.45) is 0. The average Bonchev–Trinajstić information content (AvgIpc) is 3.86. The Morgan fingerprint density at radius 2 is 0.645 bits per heavy atom. The number of benzene rings is 10. The third-order valence-electron chi connectivity index (χ3n) is 12.5. The van der Waals surface area contributed by atoms with Gasteiger partial charge >= 0.3 is 0 Å². The molecule has 0 saturated carbocycles. The lowest BCUT2D eigenvalue weighted by Gasteiger charge is -2.16. The highest BCUT2D eigenvalue weighted by Gasteiger charge is 2.19. The number of hydrogen-bond acceptors (Lipinski definition) is 0. The van der Waals surface area contributed by atoms with Crippen LogP contribution in [0.25, 0.3) is 111 Å². The van der Waals surface area contributed by atoms with Crippen molar-refractivity contribution in [2.75, 3.05) is 0 Å². The van der Waals surface area contributed by atoms with Gasteiger partial charge in [0.25, 0.3) is 0 Å². The zero-order valence-corrected chi connectivity index (χ0v) is 34.0. The van der Waals surface area contributed by atoms with Crippen molar-refractivity contribution in [1.29, 1.82) is 0 Å². The third kappa shape index (κ3) is 6.04. The molecule has 0 aliphatic rings. The minimum atomic E-state index is 1.14. The van der Waals surface area contributed by atoms with E-state index < -0.39 is 0 Å². The van der Waals surface area contributed by atoms with Gasteiger partial charge in [-0.25, -0.2) is 0 Å². The van der Waals surface area contributed by atoms with Crippen molar-refractivity contribution in [3.05, 3.63) is 243 Å². The summed E-state index contributed by atoms with van der Waals surface area (Å²) in [7, 11) is 0. The predicted molar refractivity (Wildman–Crippen MR) is 262 cm³/mol. The quantitative estimate of drug-likeness (QED) is 0.152. The van der Waals surface area contributed by atoms with Crippen LogP contribution in [0.2, 0.25) is 0 Å². The van der Waals surface area contributed by atoms with Crippen molar-refractivity contribution in [2.45, 2.75) is 0 Å². The van der Waals surface area contributed by atoms with Gasteiger partial charge in [-0.1, -0.05) is 182 Å². The van der Waals surface area contributed by atoms with Crippen molar-refractivity contribution in [3.8, 4) is 67.0 Å². The molecule has 10 aromatic carbocycles. The lowest BCUT2D eigenvalue weighted by Crippen LogP contribution is -1.98. The van der Waals surface area contributed by atoms with Crippen molar-refractivity contribution < 1.29 is 0 Å². The molecule has 0 bridgehead atoms. The minimum absolute atomic E-state index is 1.14. The van der Waals surface area contributed by atoms with Gasteiger partial charge in [0.2, 0.25) is 0 Å². The Balaban J connectivity index is 1.03. The van der Waals surface area contributed by atoms with E-state index in [1.54, 1.807) is 0 Å². The second kappa shape index (κ2) is 14.8. The molecule has 0 fully saturated rings. The van der Waals surface area contributed by atoms with E-state index >= 15 is 0 Å². The number of nitrogens with zero attached hydrogens (tertiary/aromatic N) is 2. The Hall–Kier alpha value is -8.20. The first-order valence-corrected chi connectivity index (χ1v) is 21.3. The van der Waals surface area contributed by atoms with Crippen LogP contribution in [0.1, 0.15) is 0 Å². The topological polar surface area (TPSA) is 9.86 Å². The van der Waals surface area contributed by atoms with Crippen LogP contribution in [0.4, 0.5) is 0 Å². The second-order valence-corrected chi connectivity index (χ2v) is 16.1. The summed E-state index contributed by atoms with van der Waals surface area (Å²) in [6, 6.07) is 88.4. The Bertz CT molecular complexity index is 3600. The zero-order valence-electron chi connectivity index (χ0n) is 34.0. The lowest BCUT2D eigenvalue weighted by atomic mass is 9.97. The van der Waals surface area contributed by atoms with Gasteiger partial charge in [0.15, 0.2) is 0 Å². The maximum atomic E-state index is 2.45. The molecule has 0 aliphatic heterocycles. The second-order valence-electron chi connectivity index (χ2n) is 16.1. The minimum Gasteiger partial charge on any atom is -0.309 e. The van der Waals surface area contributed by atoms with Crippen molar-refractivity contribution in [1.82, 2.24) is 9.13 Å². The van der Waals surface area contributed by atoms with Gasteiger partial charge in [-0.2, -0.15) is 0 Å². The molecular weight excluding hydrogens is 749 g/mol. The highest BCUT2D eigenvalue weighted by molar-refractivity contribution is 6.13. The van der Waals surface area contributed by atoms with E-state index in [-0.39, 0.29) is 0 Å². The number of para-hydroxylation sites is 1. The van der Waals surface area contributed by atoms with E-state index in [1.165, 1.54) is 99.2 Å². The van der Waals surface area contributed by atoms with E-state index in [2.05, 4.69) is 252 Å². The number of fused-ring (bicyclic) bond motifs is 6. The summed E-state index contributed by atoms with van der Waals surface area (Å²) in [5.41, 5.74) is 19.1. The van der Waals surface area contributed by atoms with Gasteiger partial charge < -0.3 is 9.13 Å². The summed E-state index contributed by atoms with van der Waals surface area (Å²) < 4.78 is 4.90. The normalized spacial score (nSPS) is 11.5. The lowest BCUT2D eigenvalue weighted by molar-refractivity contribution is 1.18. The van der Waals surface area contributed by atoms with Crippen LogP contribution < -0.4 is 0 Å². The Labute approximate surface area is 360 Å². The zero-order chi connectivity index (χ0) is 41.0. The average molecular weight is 789 g/mol. The van der Waals surface area contributed by atoms with Crippen LogP contribution in [-0.2, 0) is 0 Å². The number of rotatable bonds is 7. The summed E-state index contributed by atoms with van der Waals surface area (Å²) in [5, 5.41) is 4.93. The van der Waals surface area contributed by atoms with E-state index in [4.69, 9.17) is 0 Å². The standard InChI is InChI=1S/C60H40N2/c1-5-16-41(17-6-1)45-24-15-25-50(36-45)61-58-34-30-47(39-55(58)52-32-28-49(40-60(52)61)43-20-9-3-10-21-43)48-31-35-59-54(38-48)51-26-13-14-27-56(51)62(59)57-33-29-46(42-18-7-2-8-19-42)37-53(57)44-22-11-4-12-23-44/h1-40H. The van der Waals surface area contributed by atoms with E-state index in [9.17, 15) is 0 Å². The molecule has 2 heteroatoms. The molecule has 62 heavy (non-hydrogen) atoms. The molecule has 2 nitrogen and oxygen atoms in total. The van der Waals surface area contributed by atoms with E-state index in [1.807, 2.05) is 0 Å². The summed E-state index contributed by atoms with van der Waals surface area (Å²) in [6.45, 7) is 0. The van der Waals surface area contributed by atoms with Crippen LogP contribution in [0.3, 0.4) is 0 Å². The van der Waals surface area contributed by atoms with Crippen LogP contribution >= 0.6 is 0 Å². The molecule has 0 amide bonds. The number of hydrogen-bond donors (Lipinski definition) is 0. The first-order valence-electron chi connectivity index (χ1n) is 21.3. The number of aromatic nitrogens is 2. The molecule has 0 radical (unpaired) electrons. The van der Waals surface area contributed by atoms with Gasteiger partial charge in [-0.15, -0.1) is 0 Å². The molecule has 0 atom stereocenters. The smallest absolute Gasteiger partial charge is 0.0547 e. The first kappa shape index (κ1) is 35.7. The van der Waals surface area contributed by atoms with Gasteiger partial charge in [0.1, 0.15) is 0 Å². The highest BCUT2D eigenvalue weighted by Crippen LogP contribution is 2.42. The van der Waals surface area contributed by atoms with Crippen LogP contribution in [0.5, 0.6) is 0 Å². The Kier molecular flexibility index (Phi) is 8.53. The molecule has 0 spiro atoms. The summed E-state index contributed by atoms with van der Waals surface area (Å²) >= 11 is 0. The van der Waals surface area contributed by atoms with Gasteiger partial charge in [0.05, 0.1) is 27.8 Å². The SMILES string of the molecule is c1ccc(-c2cccc(-n3c4ccc(-c5ccc6c(c5)c5ccccc5n6-c5ccc(-c6ccccc6)cc5-c5ccccc5)cc4c4ccc(-c5ccccc5)cc43)c2)cc1. The maximum absolute atomic E-state index is 2.45. The van der Waals surface area contributed by atoms with E-state index in [0.29, 0.717) is 0 Å². The predicted octanol–water partition coefficient (Wildman–Crippen LogP) is 16.2. The maximum Gasteiger partial charge on any atom is 0.0547 e. The summed E-state index contributed by atoms with van der Waals surface area (Å²) in [5.74, 6) is 0. The Morgan fingerprint density at radius 1 is 0.210 bits per heavy atom. The fourth-order valence-corrected chi connectivity index (χ4v) is 9.55. The van der Waals surface area contributed by atoms with E-state index in [0.717, 1.165) is 11.4 Å². The monoisotopic (exact) mass is 788 g/mol. The van der Waals surface area contributed by atoms with Crippen LogP contribution in [0, 0.1) is 0 Å². The van der Waals surface area contributed by atoms with Gasteiger partial charge in [-0.3, -0.25) is 0 Å². The molecule has 0 aliphatic carbocycles. The Morgan fingerprint density at radius 3 is 1.27 bits per heavy atom.